The first kappa shape index (κ1) is 18.2. The van der Waals surface area contributed by atoms with Crippen molar-refractivity contribution in [1.29, 1.82) is 0 Å². The number of alkyl halides is 2. The predicted molar refractivity (Wildman–Crippen MR) is 97.5 cm³/mol. The minimum absolute atomic E-state index is 0.203. The molecule has 1 aliphatic rings. The number of hydrogen-bond acceptors (Lipinski definition) is 3. The topological polar surface area (TPSA) is 63.6 Å². The first-order chi connectivity index (χ1) is 12.8. The summed E-state index contributed by atoms with van der Waals surface area (Å²) in [6, 6.07) is 4.08. The highest BCUT2D eigenvalue weighted by molar-refractivity contribution is 9.10. The molecule has 3 aromatic rings. The van der Waals surface area contributed by atoms with Gasteiger partial charge in [0.25, 0.3) is 5.56 Å². The Kier molecular flexibility index (Phi) is 4.57. The van der Waals surface area contributed by atoms with Crippen molar-refractivity contribution >= 4 is 27.0 Å². The number of aromatic nitrogens is 4. The molecule has 0 spiro atoms. The Bertz CT molecular complexity index is 1050. The summed E-state index contributed by atoms with van der Waals surface area (Å²) in [5.41, 5.74) is 0.660. The standard InChI is InChI=1S/C18H16BrF3N4O/c19-14-2-1-11(20)7-10(14)8-15-24-16-13(17(27)25-15)9-23-26(16)12-3-5-18(21,22)6-4-12/h1-2,7,9,12H,3-6,8H2,(H,24,25,27). The molecule has 1 fully saturated rings. The van der Waals surface area contributed by atoms with Gasteiger partial charge >= 0.3 is 0 Å². The summed E-state index contributed by atoms with van der Waals surface area (Å²) in [5, 5.41) is 4.54. The average molecular weight is 441 g/mol. The summed E-state index contributed by atoms with van der Waals surface area (Å²) in [6.07, 6.45) is 1.79. The highest BCUT2D eigenvalue weighted by Crippen LogP contribution is 2.38. The number of aromatic amines is 1. The van der Waals surface area contributed by atoms with Gasteiger partial charge in [-0.1, -0.05) is 15.9 Å². The van der Waals surface area contributed by atoms with Crippen LogP contribution in [0.1, 0.15) is 43.1 Å². The van der Waals surface area contributed by atoms with Gasteiger partial charge in [0.2, 0.25) is 5.92 Å². The normalized spacial score (nSPS) is 17.5. The summed E-state index contributed by atoms with van der Waals surface area (Å²) in [6.45, 7) is 0. The number of rotatable bonds is 3. The zero-order valence-corrected chi connectivity index (χ0v) is 15.8. The number of halogens is 4. The van der Waals surface area contributed by atoms with Crippen LogP contribution >= 0.6 is 15.9 Å². The number of H-pyrrole nitrogens is 1. The van der Waals surface area contributed by atoms with Crippen molar-refractivity contribution in [3.8, 4) is 0 Å². The fraction of sp³-hybridized carbons (Fsp3) is 0.389. The molecule has 0 aliphatic heterocycles. The van der Waals surface area contributed by atoms with Gasteiger partial charge in [-0.3, -0.25) is 4.79 Å². The second kappa shape index (κ2) is 6.78. The summed E-state index contributed by atoms with van der Waals surface area (Å²) in [5.74, 6) is -2.66. The van der Waals surface area contributed by atoms with Crippen molar-refractivity contribution in [3.63, 3.8) is 0 Å². The van der Waals surface area contributed by atoms with Crippen LogP contribution in [0.2, 0.25) is 0 Å². The molecule has 2 heterocycles. The second-order valence-electron chi connectivity index (χ2n) is 6.84. The molecule has 1 aliphatic carbocycles. The van der Waals surface area contributed by atoms with E-state index in [-0.39, 0.29) is 49.5 Å². The van der Waals surface area contributed by atoms with Crippen molar-refractivity contribution in [2.45, 2.75) is 44.1 Å². The third-order valence-corrected chi connectivity index (χ3v) is 5.68. The van der Waals surface area contributed by atoms with E-state index in [1.54, 1.807) is 10.7 Å². The van der Waals surface area contributed by atoms with E-state index in [0.717, 1.165) is 0 Å². The highest BCUT2D eigenvalue weighted by Gasteiger charge is 2.36. The quantitative estimate of drug-likeness (QED) is 0.657. The SMILES string of the molecule is O=c1[nH]c(Cc2cc(F)ccc2Br)nc2c1cnn2C1CCC(F)(F)CC1. The lowest BCUT2D eigenvalue weighted by molar-refractivity contribution is -0.0446. The van der Waals surface area contributed by atoms with Gasteiger partial charge in [-0.25, -0.2) is 22.8 Å². The van der Waals surface area contributed by atoms with Gasteiger partial charge in [-0.15, -0.1) is 0 Å². The zero-order chi connectivity index (χ0) is 19.2. The molecule has 9 heteroatoms. The smallest absolute Gasteiger partial charge is 0.262 e. The van der Waals surface area contributed by atoms with Crippen molar-refractivity contribution in [2.24, 2.45) is 0 Å². The molecule has 1 aromatic carbocycles. The Morgan fingerprint density at radius 3 is 2.78 bits per heavy atom. The van der Waals surface area contributed by atoms with E-state index in [4.69, 9.17) is 0 Å². The first-order valence-electron chi connectivity index (χ1n) is 8.60. The molecule has 2 aromatic heterocycles. The number of benzene rings is 1. The van der Waals surface area contributed by atoms with Gasteiger partial charge in [-0.2, -0.15) is 5.10 Å². The Morgan fingerprint density at radius 1 is 1.30 bits per heavy atom. The summed E-state index contributed by atoms with van der Waals surface area (Å²) in [7, 11) is 0. The maximum Gasteiger partial charge on any atom is 0.262 e. The van der Waals surface area contributed by atoms with E-state index in [1.165, 1.54) is 18.3 Å². The largest absolute Gasteiger partial charge is 0.310 e. The van der Waals surface area contributed by atoms with Crippen molar-refractivity contribution in [1.82, 2.24) is 19.7 Å². The van der Waals surface area contributed by atoms with E-state index in [0.29, 0.717) is 26.9 Å². The lowest BCUT2D eigenvalue weighted by atomic mass is 9.92. The number of nitrogens with one attached hydrogen (secondary N) is 1. The van der Waals surface area contributed by atoms with Crippen LogP contribution in [0, 0.1) is 5.82 Å². The molecule has 0 unspecified atom stereocenters. The Morgan fingerprint density at radius 2 is 2.04 bits per heavy atom. The van der Waals surface area contributed by atoms with E-state index in [2.05, 4.69) is 31.0 Å². The van der Waals surface area contributed by atoms with Crippen molar-refractivity contribution in [3.05, 3.63) is 56.4 Å². The molecule has 1 saturated carbocycles. The van der Waals surface area contributed by atoms with E-state index in [1.807, 2.05) is 0 Å². The summed E-state index contributed by atoms with van der Waals surface area (Å²) < 4.78 is 42.7. The van der Waals surface area contributed by atoms with E-state index in [9.17, 15) is 18.0 Å². The molecule has 5 nitrogen and oxygen atoms in total. The summed E-state index contributed by atoms with van der Waals surface area (Å²) >= 11 is 3.36. The lowest BCUT2D eigenvalue weighted by Crippen LogP contribution is -2.27. The molecule has 0 radical (unpaired) electrons. The van der Waals surface area contributed by atoms with Gasteiger partial charge in [0, 0.05) is 23.7 Å². The predicted octanol–water partition coefficient (Wildman–Crippen LogP) is 4.36. The highest BCUT2D eigenvalue weighted by atomic mass is 79.9. The first-order valence-corrected chi connectivity index (χ1v) is 9.40. The van der Waals surface area contributed by atoms with Gasteiger partial charge in [0.15, 0.2) is 5.65 Å². The van der Waals surface area contributed by atoms with Crippen LogP contribution in [0.5, 0.6) is 0 Å². The van der Waals surface area contributed by atoms with Crippen LogP contribution in [0.3, 0.4) is 0 Å². The fourth-order valence-corrected chi connectivity index (χ4v) is 3.85. The maximum absolute atomic E-state index is 13.5. The molecule has 0 saturated heterocycles. The fourth-order valence-electron chi connectivity index (χ4n) is 3.46. The van der Waals surface area contributed by atoms with Crippen LogP contribution in [-0.4, -0.2) is 25.7 Å². The zero-order valence-electron chi connectivity index (χ0n) is 14.2. The Balaban J connectivity index is 1.70. The minimum Gasteiger partial charge on any atom is -0.310 e. The minimum atomic E-state index is -2.64. The van der Waals surface area contributed by atoms with Crippen molar-refractivity contribution in [2.75, 3.05) is 0 Å². The van der Waals surface area contributed by atoms with Gasteiger partial charge in [0.1, 0.15) is 17.0 Å². The van der Waals surface area contributed by atoms with Gasteiger partial charge in [0.05, 0.1) is 12.2 Å². The molecular formula is C18H16BrF3N4O. The lowest BCUT2D eigenvalue weighted by Gasteiger charge is -2.28. The maximum atomic E-state index is 13.5. The molecule has 4 rings (SSSR count). The van der Waals surface area contributed by atoms with Crippen LogP contribution < -0.4 is 5.56 Å². The molecule has 27 heavy (non-hydrogen) atoms. The van der Waals surface area contributed by atoms with Crippen LogP contribution in [0.25, 0.3) is 11.0 Å². The molecule has 0 amide bonds. The molecule has 0 bridgehead atoms. The number of fused-ring (bicyclic) bond motifs is 1. The molecule has 0 atom stereocenters. The van der Waals surface area contributed by atoms with Crippen LogP contribution in [0.15, 0.2) is 33.7 Å². The van der Waals surface area contributed by atoms with Crippen LogP contribution in [0.4, 0.5) is 13.2 Å². The Labute approximate surface area is 160 Å². The third-order valence-electron chi connectivity index (χ3n) is 4.91. The monoisotopic (exact) mass is 440 g/mol. The summed E-state index contributed by atoms with van der Waals surface area (Å²) in [4.78, 5) is 19.6. The second-order valence-corrected chi connectivity index (χ2v) is 7.69. The third kappa shape index (κ3) is 3.65. The van der Waals surface area contributed by atoms with Gasteiger partial charge < -0.3 is 4.98 Å². The van der Waals surface area contributed by atoms with Crippen LogP contribution in [-0.2, 0) is 6.42 Å². The van der Waals surface area contributed by atoms with Gasteiger partial charge in [-0.05, 0) is 36.6 Å². The number of hydrogen-bond donors (Lipinski definition) is 1. The Hall–Kier alpha value is -2.16. The number of nitrogens with zero attached hydrogens (tertiary/aromatic N) is 3. The molecule has 142 valence electrons. The average Bonchev–Trinajstić information content (AvgIpc) is 3.03. The van der Waals surface area contributed by atoms with E-state index >= 15 is 0 Å². The molecule has 1 N–H and O–H groups in total. The van der Waals surface area contributed by atoms with Crippen molar-refractivity contribution < 1.29 is 13.2 Å². The molecular weight excluding hydrogens is 425 g/mol. The van der Waals surface area contributed by atoms with E-state index < -0.39 is 5.92 Å².